The molecule has 0 saturated heterocycles. The van der Waals surface area contributed by atoms with Crippen LogP contribution < -0.4 is 4.90 Å². The minimum Gasteiger partial charge on any atom is -0.456 e. The highest BCUT2D eigenvalue weighted by molar-refractivity contribution is 7.26. The fourth-order valence-electron chi connectivity index (χ4n) is 7.81. The van der Waals surface area contributed by atoms with Gasteiger partial charge >= 0.3 is 0 Å². The molecule has 46 heavy (non-hydrogen) atoms. The molecule has 10 rings (SSSR count). The molecule has 218 valence electrons. The van der Waals surface area contributed by atoms with E-state index in [1.165, 1.54) is 58.9 Å². The van der Waals surface area contributed by atoms with Crippen LogP contribution in [0.25, 0.3) is 64.0 Å². The number of para-hydroxylation sites is 1. The van der Waals surface area contributed by atoms with E-state index in [0.29, 0.717) is 0 Å². The molecule has 0 bridgehead atoms. The maximum Gasteiger partial charge on any atom is 0.135 e. The summed E-state index contributed by atoms with van der Waals surface area (Å²) in [6.45, 7) is 4.72. The Morgan fingerprint density at radius 1 is 0.522 bits per heavy atom. The van der Waals surface area contributed by atoms with Crippen molar-refractivity contribution in [3.8, 4) is 11.1 Å². The number of benzene rings is 7. The molecule has 1 aliphatic rings. The van der Waals surface area contributed by atoms with Gasteiger partial charge in [0.25, 0.3) is 0 Å². The predicted molar refractivity (Wildman–Crippen MR) is 196 cm³/mol. The lowest BCUT2D eigenvalue weighted by Crippen LogP contribution is -2.16. The van der Waals surface area contributed by atoms with Crippen LogP contribution in [0.2, 0.25) is 0 Å². The molecule has 0 spiro atoms. The third-order valence-corrected chi connectivity index (χ3v) is 11.2. The van der Waals surface area contributed by atoms with E-state index in [-0.39, 0.29) is 5.41 Å². The van der Waals surface area contributed by atoms with Gasteiger partial charge in [-0.05, 0) is 76.2 Å². The Morgan fingerprint density at radius 3 is 2.11 bits per heavy atom. The van der Waals surface area contributed by atoms with E-state index >= 15 is 0 Å². The van der Waals surface area contributed by atoms with Crippen LogP contribution in [0.15, 0.2) is 144 Å². The number of furan rings is 1. The minimum absolute atomic E-state index is 0.107. The third kappa shape index (κ3) is 3.52. The Labute approximate surface area is 270 Å². The van der Waals surface area contributed by atoms with E-state index in [4.69, 9.17) is 4.42 Å². The summed E-state index contributed by atoms with van der Waals surface area (Å²) >= 11 is 1.88. The molecule has 0 atom stereocenters. The molecule has 0 saturated carbocycles. The van der Waals surface area contributed by atoms with Crippen molar-refractivity contribution in [1.29, 1.82) is 0 Å². The summed E-state index contributed by atoms with van der Waals surface area (Å²) < 4.78 is 8.88. The first-order chi connectivity index (χ1) is 22.6. The molecule has 0 fully saturated rings. The number of hydrogen-bond acceptors (Lipinski definition) is 3. The van der Waals surface area contributed by atoms with Crippen LogP contribution in [0, 0.1) is 0 Å². The zero-order valence-electron chi connectivity index (χ0n) is 25.5. The highest BCUT2D eigenvalue weighted by Crippen LogP contribution is 2.53. The zero-order chi connectivity index (χ0) is 30.6. The maximum absolute atomic E-state index is 6.29. The summed E-state index contributed by atoms with van der Waals surface area (Å²) in [5.41, 5.74) is 10.6. The summed E-state index contributed by atoms with van der Waals surface area (Å²) in [5, 5.41) is 7.33. The molecule has 0 aliphatic heterocycles. The molecule has 1 aliphatic carbocycles. The number of nitrogens with zero attached hydrogens (tertiary/aromatic N) is 1. The van der Waals surface area contributed by atoms with Crippen molar-refractivity contribution in [2.75, 3.05) is 4.90 Å². The minimum atomic E-state index is -0.107. The second-order valence-corrected chi connectivity index (χ2v) is 14.0. The number of rotatable bonds is 3. The van der Waals surface area contributed by atoms with E-state index in [0.717, 1.165) is 33.3 Å². The van der Waals surface area contributed by atoms with Gasteiger partial charge < -0.3 is 9.32 Å². The lowest BCUT2D eigenvalue weighted by molar-refractivity contribution is 0.660. The van der Waals surface area contributed by atoms with Crippen molar-refractivity contribution in [2.45, 2.75) is 19.3 Å². The molecule has 2 aromatic heterocycles. The van der Waals surface area contributed by atoms with Gasteiger partial charge in [-0.15, -0.1) is 11.3 Å². The monoisotopic (exact) mass is 607 g/mol. The molecule has 0 N–H and O–H groups in total. The predicted octanol–water partition coefficient (Wildman–Crippen LogP) is 12.9. The molecular formula is C43H29NOS. The lowest BCUT2D eigenvalue weighted by Gasteiger charge is -2.29. The van der Waals surface area contributed by atoms with Crippen molar-refractivity contribution in [2.24, 2.45) is 0 Å². The SMILES string of the molecule is CC1(C)c2ccccc2-c2ccc(N(c3ccc4oc5ccccc5c4c3)c3c4ccccc4cc4c3sc3ccccc34)cc21. The first-order valence-electron chi connectivity index (χ1n) is 15.9. The molecule has 2 nitrogen and oxygen atoms in total. The van der Waals surface area contributed by atoms with Gasteiger partial charge in [-0.25, -0.2) is 0 Å². The van der Waals surface area contributed by atoms with Gasteiger partial charge in [-0.1, -0.05) is 105 Å². The molecule has 9 aromatic rings. The molecule has 3 heteroatoms. The van der Waals surface area contributed by atoms with Crippen molar-refractivity contribution < 1.29 is 4.42 Å². The van der Waals surface area contributed by atoms with Crippen LogP contribution in [0.1, 0.15) is 25.0 Å². The summed E-state index contributed by atoms with van der Waals surface area (Å²) in [7, 11) is 0. The summed E-state index contributed by atoms with van der Waals surface area (Å²) in [6, 6.07) is 51.0. The van der Waals surface area contributed by atoms with Gasteiger partial charge in [0.1, 0.15) is 11.2 Å². The quantitative estimate of drug-likeness (QED) is 0.199. The summed E-state index contributed by atoms with van der Waals surface area (Å²) in [4.78, 5) is 2.50. The maximum atomic E-state index is 6.29. The second kappa shape index (κ2) is 9.32. The highest BCUT2D eigenvalue weighted by atomic mass is 32.1. The van der Waals surface area contributed by atoms with Crippen LogP contribution in [-0.4, -0.2) is 0 Å². The molecule has 0 amide bonds. The zero-order valence-corrected chi connectivity index (χ0v) is 26.4. The molecule has 0 radical (unpaired) electrons. The van der Waals surface area contributed by atoms with Gasteiger partial charge in [0, 0.05) is 48.4 Å². The normalized spacial score (nSPS) is 13.6. The van der Waals surface area contributed by atoms with Crippen LogP contribution in [0.5, 0.6) is 0 Å². The van der Waals surface area contributed by atoms with E-state index in [9.17, 15) is 0 Å². The summed E-state index contributed by atoms with van der Waals surface area (Å²) in [6.07, 6.45) is 0. The van der Waals surface area contributed by atoms with E-state index in [2.05, 4.69) is 152 Å². The van der Waals surface area contributed by atoms with Crippen LogP contribution >= 0.6 is 11.3 Å². The van der Waals surface area contributed by atoms with Crippen LogP contribution in [0.4, 0.5) is 17.1 Å². The Bertz CT molecular complexity index is 2690. The van der Waals surface area contributed by atoms with Gasteiger partial charge in [0.05, 0.1) is 10.4 Å². The average molecular weight is 608 g/mol. The first-order valence-corrected chi connectivity index (χ1v) is 16.7. The van der Waals surface area contributed by atoms with Gasteiger partial charge in [0.15, 0.2) is 0 Å². The van der Waals surface area contributed by atoms with Crippen LogP contribution in [-0.2, 0) is 5.41 Å². The fourth-order valence-corrected chi connectivity index (χ4v) is 9.05. The van der Waals surface area contributed by atoms with E-state index in [1.54, 1.807) is 0 Å². The Kier molecular flexibility index (Phi) is 5.25. The van der Waals surface area contributed by atoms with Crippen molar-refractivity contribution in [1.82, 2.24) is 0 Å². The van der Waals surface area contributed by atoms with Gasteiger partial charge in [-0.3, -0.25) is 0 Å². The van der Waals surface area contributed by atoms with Crippen molar-refractivity contribution >= 4 is 81.3 Å². The van der Waals surface area contributed by atoms with Crippen molar-refractivity contribution in [3.05, 3.63) is 151 Å². The van der Waals surface area contributed by atoms with Crippen LogP contribution in [0.3, 0.4) is 0 Å². The molecule has 7 aromatic carbocycles. The smallest absolute Gasteiger partial charge is 0.135 e. The average Bonchev–Trinajstić information content (AvgIpc) is 3.72. The van der Waals surface area contributed by atoms with E-state index in [1.807, 2.05) is 17.4 Å². The Balaban J connectivity index is 1.32. The second-order valence-electron chi connectivity index (χ2n) is 12.9. The molecule has 2 heterocycles. The summed E-state index contributed by atoms with van der Waals surface area (Å²) in [5.74, 6) is 0. The largest absolute Gasteiger partial charge is 0.456 e. The first kappa shape index (κ1) is 25.9. The number of anilines is 3. The Hall–Kier alpha value is -5.38. The Morgan fingerprint density at radius 2 is 1.20 bits per heavy atom. The third-order valence-electron chi connectivity index (χ3n) is 10.0. The molecular weight excluding hydrogens is 579 g/mol. The van der Waals surface area contributed by atoms with Gasteiger partial charge in [-0.2, -0.15) is 0 Å². The lowest BCUT2D eigenvalue weighted by atomic mass is 9.82. The van der Waals surface area contributed by atoms with Crippen molar-refractivity contribution in [3.63, 3.8) is 0 Å². The fraction of sp³-hybridized carbons (Fsp3) is 0.0698. The standard InChI is InChI=1S/C43H29NOS/c1-43(2)36-16-8-5-13-30(36)31-21-19-28(25-37(31)43)44(27-20-22-39-34(24-27)32-14-6-9-17-38(32)45-39)41-29-12-4-3-11-26(29)23-35-33-15-7-10-18-40(33)46-42(35)41/h3-25H,1-2H3. The molecule has 0 unspecified atom stereocenters. The number of hydrogen-bond donors (Lipinski definition) is 0. The number of fused-ring (bicyclic) bond motifs is 10. The topological polar surface area (TPSA) is 16.4 Å². The van der Waals surface area contributed by atoms with Gasteiger partial charge in [0.2, 0.25) is 0 Å². The van der Waals surface area contributed by atoms with E-state index < -0.39 is 0 Å². The highest BCUT2D eigenvalue weighted by Gasteiger charge is 2.36. The number of thiophene rings is 1.